The predicted molar refractivity (Wildman–Crippen MR) is 80.7 cm³/mol. The molecule has 1 aromatic heterocycles. The summed E-state index contributed by atoms with van der Waals surface area (Å²) < 4.78 is 26.0. The standard InChI is InChI=1S/C14H25F2N3.ClH/c1-3-4-5-6-7-8-17-9-13-10-18-19(12(13)2)11-14(15)16;/h10,14,17H,3-9,11H2,1-2H3;1H. The predicted octanol–water partition coefficient (Wildman–Crippen LogP) is 3.94. The van der Waals surface area contributed by atoms with E-state index in [1.165, 1.54) is 36.8 Å². The van der Waals surface area contributed by atoms with Crippen molar-refractivity contribution in [2.75, 3.05) is 6.54 Å². The van der Waals surface area contributed by atoms with Crippen LogP contribution in [-0.4, -0.2) is 22.8 Å². The first-order chi connectivity index (χ1) is 9.15. The van der Waals surface area contributed by atoms with Crippen LogP contribution in [0.3, 0.4) is 0 Å². The van der Waals surface area contributed by atoms with Crippen LogP contribution in [-0.2, 0) is 13.1 Å². The van der Waals surface area contributed by atoms with E-state index in [1.807, 2.05) is 6.92 Å². The quantitative estimate of drug-likeness (QED) is 0.663. The second kappa shape index (κ2) is 11.0. The zero-order chi connectivity index (χ0) is 14.1. The van der Waals surface area contributed by atoms with Gasteiger partial charge in [0.15, 0.2) is 0 Å². The Labute approximate surface area is 126 Å². The third kappa shape index (κ3) is 7.20. The molecule has 0 fully saturated rings. The minimum Gasteiger partial charge on any atom is -0.313 e. The first-order valence-corrected chi connectivity index (χ1v) is 7.15. The summed E-state index contributed by atoms with van der Waals surface area (Å²) in [5.41, 5.74) is 1.84. The molecule has 0 aliphatic rings. The number of rotatable bonds is 10. The maximum absolute atomic E-state index is 12.3. The van der Waals surface area contributed by atoms with Crippen molar-refractivity contribution in [3.63, 3.8) is 0 Å². The fourth-order valence-corrected chi connectivity index (χ4v) is 2.05. The van der Waals surface area contributed by atoms with E-state index in [2.05, 4.69) is 17.3 Å². The van der Waals surface area contributed by atoms with Gasteiger partial charge in [0.05, 0.1) is 6.20 Å². The zero-order valence-electron chi connectivity index (χ0n) is 12.4. The van der Waals surface area contributed by atoms with Crippen molar-refractivity contribution in [2.45, 2.75) is 65.5 Å². The summed E-state index contributed by atoms with van der Waals surface area (Å²) in [5, 5.41) is 7.34. The van der Waals surface area contributed by atoms with Gasteiger partial charge in [-0.05, 0) is 19.9 Å². The largest absolute Gasteiger partial charge is 0.313 e. The molecule has 0 amide bonds. The van der Waals surface area contributed by atoms with E-state index in [-0.39, 0.29) is 19.0 Å². The Balaban J connectivity index is 0.00000361. The van der Waals surface area contributed by atoms with Crippen molar-refractivity contribution in [3.8, 4) is 0 Å². The van der Waals surface area contributed by atoms with Crippen LogP contribution >= 0.6 is 12.4 Å². The molecule has 1 aromatic rings. The molecule has 1 rings (SSSR count). The highest BCUT2D eigenvalue weighted by molar-refractivity contribution is 5.85. The van der Waals surface area contributed by atoms with Crippen LogP contribution in [0, 0.1) is 6.92 Å². The average Bonchev–Trinajstić information content (AvgIpc) is 2.70. The Morgan fingerprint density at radius 3 is 2.60 bits per heavy atom. The molecule has 0 aliphatic heterocycles. The summed E-state index contributed by atoms with van der Waals surface area (Å²) >= 11 is 0. The van der Waals surface area contributed by atoms with Gasteiger partial charge in [0, 0.05) is 17.8 Å². The molecule has 118 valence electrons. The van der Waals surface area contributed by atoms with Gasteiger partial charge in [0.1, 0.15) is 6.54 Å². The highest BCUT2D eigenvalue weighted by Gasteiger charge is 2.10. The molecule has 0 aliphatic carbocycles. The number of unbranched alkanes of at least 4 members (excludes halogenated alkanes) is 4. The van der Waals surface area contributed by atoms with Gasteiger partial charge in [0.25, 0.3) is 6.43 Å². The van der Waals surface area contributed by atoms with E-state index in [4.69, 9.17) is 0 Å². The van der Waals surface area contributed by atoms with Crippen molar-refractivity contribution in [1.29, 1.82) is 0 Å². The number of alkyl halides is 2. The summed E-state index contributed by atoms with van der Waals surface area (Å²) in [5.74, 6) is 0. The molecule has 1 heterocycles. The van der Waals surface area contributed by atoms with Gasteiger partial charge in [-0.15, -0.1) is 12.4 Å². The van der Waals surface area contributed by atoms with E-state index >= 15 is 0 Å². The number of nitrogens with one attached hydrogen (secondary N) is 1. The maximum atomic E-state index is 12.3. The smallest absolute Gasteiger partial charge is 0.257 e. The molecule has 0 radical (unpaired) electrons. The van der Waals surface area contributed by atoms with Crippen molar-refractivity contribution >= 4 is 12.4 Å². The van der Waals surface area contributed by atoms with Crippen LogP contribution in [0.1, 0.15) is 50.3 Å². The van der Waals surface area contributed by atoms with Crippen molar-refractivity contribution in [2.24, 2.45) is 0 Å². The average molecular weight is 310 g/mol. The third-order valence-corrected chi connectivity index (χ3v) is 3.29. The lowest BCUT2D eigenvalue weighted by Crippen LogP contribution is -2.16. The third-order valence-electron chi connectivity index (χ3n) is 3.29. The minimum absolute atomic E-state index is 0. The Morgan fingerprint density at radius 2 is 1.95 bits per heavy atom. The van der Waals surface area contributed by atoms with Gasteiger partial charge in [-0.1, -0.05) is 32.6 Å². The van der Waals surface area contributed by atoms with Gasteiger partial charge in [0.2, 0.25) is 0 Å². The topological polar surface area (TPSA) is 29.9 Å². The summed E-state index contributed by atoms with van der Waals surface area (Å²) in [4.78, 5) is 0. The Morgan fingerprint density at radius 1 is 1.25 bits per heavy atom. The normalized spacial score (nSPS) is 10.8. The van der Waals surface area contributed by atoms with E-state index in [9.17, 15) is 8.78 Å². The van der Waals surface area contributed by atoms with Crippen LogP contribution < -0.4 is 5.32 Å². The van der Waals surface area contributed by atoms with Crippen LogP contribution in [0.15, 0.2) is 6.20 Å². The first kappa shape index (κ1) is 19.3. The molecule has 0 aromatic carbocycles. The maximum Gasteiger partial charge on any atom is 0.257 e. The lowest BCUT2D eigenvalue weighted by molar-refractivity contribution is 0.121. The summed E-state index contributed by atoms with van der Waals surface area (Å²) in [6.45, 7) is 5.42. The molecule has 0 saturated heterocycles. The SMILES string of the molecule is CCCCCCCNCc1cnn(CC(F)F)c1C.Cl. The van der Waals surface area contributed by atoms with E-state index < -0.39 is 6.43 Å². The summed E-state index contributed by atoms with van der Waals surface area (Å²) in [6, 6.07) is 0. The number of hydrogen-bond acceptors (Lipinski definition) is 2. The van der Waals surface area contributed by atoms with E-state index in [0.717, 1.165) is 17.8 Å². The lowest BCUT2D eigenvalue weighted by Gasteiger charge is -2.06. The van der Waals surface area contributed by atoms with E-state index in [1.54, 1.807) is 6.20 Å². The molecule has 20 heavy (non-hydrogen) atoms. The lowest BCUT2D eigenvalue weighted by atomic mass is 10.1. The highest BCUT2D eigenvalue weighted by Crippen LogP contribution is 2.09. The van der Waals surface area contributed by atoms with Crippen LogP contribution in [0.4, 0.5) is 8.78 Å². The van der Waals surface area contributed by atoms with Crippen LogP contribution in [0.25, 0.3) is 0 Å². The monoisotopic (exact) mass is 309 g/mol. The van der Waals surface area contributed by atoms with Gasteiger partial charge >= 0.3 is 0 Å². The second-order valence-electron chi connectivity index (χ2n) is 4.92. The second-order valence-corrected chi connectivity index (χ2v) is 4.92. The molecule has 0 atom stereocenters. The molecule has 3 nitrogen and oxygen atoms in total. The van der Waals surface area contributed by atoms with Gasteiger partial charge < -0.3 is 5.32 Å². The summed E-state index contributed by atoms with van der Waals surface area (Å²) in [7, 11) is 0. The number of aromatic nitrogens is 2. The molecule has 0 saturated carbocycles. The number of nitrogens with zero attached hydrogens (tertiary/aromatic N) is 2. The number of halogens is 3. The van der Waals surface area contributed by atoms with Crippen molar-refractivity contribution in [1.82, 2.24) is 15.1 Å². The Kier molecular flexibility index (Phi) is 10.7. The van der Waals surface area contributed by atoms with Crippen LogP contribution in [0.2, 0.25) is 0 Å². The molecule has 0 spiro atoms. The van der Waals surface area contributed by atoms with Crippen molar-refractivity contribution in [3.05, 3.63) is 17.5 Å². The zero-order valence-corrected chi connectivity index (χ0v) is 13.2. The first-order valence-electron chi connectivity index (χ1n) is 7.15. The highest BCUT2D eigenvalue weighted by atomic mass is 35.5. The molecular weight excluding hydrogens is 284 g/mol. The fourth-order valence-electron chi connectivity index (χ4n) is 2.05. The summed E-state index contributed by atoms with van der Waals surface area (Å²) in [6.07, 6.45) is 5.62. The van der Waals surface area contributed by atoms with Gasteiger partial charge in [-0.2, -0.15) is 5.10 Å². The molecule has 0 unspecified atom stereocenters. The van der Waals surface area contributed by atoms with Gasteiger partial charge in [-0.3, -0.25) is 4.68 Å². The van der Waals surface area contributed by atoms with Gasteiger partial charge in [-0.25, -0.2) is 8.78 Å². The molecular formula is C14H26ClF2N3. The molecule has 0 bridgehead atoms. The number of hydrogen-bond donors (Lipinski definition) is 1. The van der Waals surface area contributed by atoms with Crippen LogP contribution in [0.5, 0.6) is 0 Å². The Hall–Kier alpha value is -0.680. The Bertz CT molecular complexity index is 356. The minimum atomic E-state index is -2.35. The molecule has 6 heteroatoms. The fraction of sp³-hybridized carbons (Fsp3) is 0.786. The van der Waals surface area contributed by atoms with E-state index in [0.29, 0.717) is 6.54 Å². The molecule has 1 N–H and O–H groups in total. The van der Waals surface area contributed by atoms with Crippen molar-refractivity contribution < 1.29 is 8.78 Å².